The number of hydrogen-bond donors (Lipinski definition) is 1. The smallest absolute Gasteiger partial charge is 0.225 e. The monoisotopic (exact) mass is 226 g/mol. The van der Waals surface area contributed by atoms with E-state index in [1.807, 2.05) is 20.8 Å². The number of likely N-dealkylation sites (tertiary alicyclic amines) is 1. The molecule has 94 valence electrons. The molecule has 16 heavy (non-hydrogen) atoms. The van der Waals surface area contributed by atoms with Crippen LogP contribution in [0.3, 0.4) is 0 Å². The lowest BCUT2D eigenvalue weighted by Gasteiger charge is -2.22. The highest BCUT2D eigenvalue weighted by molar-refractivity contribution is 5.81. The van der Waals surface area contributed by atoms with Crippen molar-refractivity contribution in [1.82, 2.24) is 10.2 Å². The van der Waals surface area contributed by atoms with E-state index in [2.05, 4.69) is 24.1 Å². The van der Waals surface area contributed by atoms with E-state index in [-0.39, 0.29) is 11.3 Å². The second-order valence-corrected chi connectivity index (χ2v) is 6.20. The molecule has 0 spiro atoms. The topological polar surface area (TPSA) is 32.3 Å². The van der Waals surface area contributed by atoms with Crippen LogP contribution in [0.5, 0.6) is 0 Å². The molecule has 1 aliphatic rings. The predicted octanol–water partition coefficient (Wildman–Crippen LogP) is 1.88. The second kappa shape index (κ2) is 5.17. The Bertz CT molecular complexity index is 243. The summed E-state index contributed by atoms with van der Waals surface area (Å²) in [5.41, 5.74) is -0.268. The molecule has 1 N–H and O–H groups in total. The molecule has 0 aromatic rings. The van der Waals surface area contributed by atoms with Crippen LogP contribution < -0.4 is 5.32 Å². The standard InChI is InChI=1S/C13H26N2O/c1-10(2)15-7-6-11(9-15)8-14-12(16)13(3,4)5/h10-11H,6-9H2,1-5H3,(H,14,16). The molecule has 0 radical (unpaired) electrons. The van der Waals surface area contributed by atoms with Gasteiger partial charge in [-0.25, -0.2) is 0 Å². The third-order valence-corrected chi connectivity index (χ3v) is 3.28. The summed E-state index contributed by atoms with van der Waals surface area (Å²) in [5.74, 6) is 0.796. The van der Waals surface area contributed by atoms with E-state index >= 15 is 0 Å². The Hall–Kier alpha value is -0.570. The molecule has 0 aromatic carbocycles. The summed E-state index contributed by atoms with van der Waals surface area (Å²) in [6.07, 6.45) is 1.21. The van der Waals surface area contributed by atoms with Crippen LogP contribution in [-0.4, -0.2) is 36.5 Å². The van der Waals surface area contributed by atoms with E-state index in [1.165, 1.54) is 13.0 Å². The molecular weight excluding hydrogens is 200 g/mol. The van der Waals surface area contributed by atoms with Gasteiger partial charge in [-0.1, -0.05) is 20.8 Å². The Morgan fingerprint density at radius 2 is 2.06 bits per heavy atom. The van der Waals surface area contributed by atoms with Crippen LogP contribution in [-0.2, 0) is 4.79 Å². The van der Waals surface area contributed by atoms with Gasteiger partial charge in [0.2, 0.25) is 5.91 Å². The highest BCUT2D eigenvalue weighted by Gasteiger charge is 2.26. The summed E-state index contributed by atoms with van der Waals surface area (Å²) >= 11 is 0. The number of hydrogen-bond acceptors (Lipinski definition) is 2. The van der Waals surface area contributed by atoms with E-state index in [1.54, 1.807) is 0 Å². The lowest BCUT2D eigenvalue weighted by molar-refractivity contribution is -0.128. The van der Waals surface area contributed by atoms with Gasteiger partial charge in [-0.2, -0.15) is 0 Å². The number of rotatable bonds is 3. The number of carbonyl (C=O) groups excluding carboxylic acids is 1. The third-order valence-electron chi connectivity index (χ3n) is 3.28. The van der Waals surface area contributed by atoms with Crippen LogP contribution in [0, 0.1) is 11.3 Å². The first-order valence-corrected chi connectivity index (χ1v) is 6.33. The molecular formula is C13H26N2O. The molecule has 1 rings (SSSR count). The van der Waals surface area contributed by atoms with Gasteiger partial charge in [0, 0.05) is 24.5 Å². The van der Waals surface area contributed by atoms with Crippen molar-refractivity contribution in [1.29, 1.82) is 0 Å². The van der Waals surface area contributed by atoms with Crippen molar-refractivity contribution in [3.05, 3.63) is 0 Å². The minimum absolute atomic E-state index is 0.162. The molecule has 0 aromatic heterocycles. The Balaban J connectivity index is 2.28. The van der Waals surface area contributed by atoms with Gasteiger partial charge in [0.15, 0.2) is 0 Å². The molecule has 1 fully saturated rings. The molecule has 0 aliphatic carbocycles. The van der Waals surface area contributed by atoms with Crippen molar-refractivity contribution < 1.29 is 4.79 Å². The van der Waals surface area contributed by atoms with Crippen LogP contribution in [0.15, 0.2) is 0 Å². The van der Waals surface area contributed by atoms with Gasteiger partial charge in [0.1, 0.15) is 0 Å². The molecule has 1 aliphatic heterocycles. The van der Waals surface area contributed by atoms with Crippen molar-refractivity contribution in [3.63, 3.8) is 0 Å². The van der Waals surface area contributed by atoms with Crippen LogP contribution >= 0.6 is 0 Å². The Morgan fingerprint density at radius 1 is 1.44 bits per heavy atom. The molecule has 3 heteroatoms. The van der Waals surface area contributed by atoms with Gasteiger partial charge in [-0.15, -0.1) is 0 Å². The zero-order valence-corrected chi connectivity index (χ0v) is 11.3. The first-order chi connectivity index (χ1) is 7.30. The Morgan fingerprint density at radius 3 is 2.50 bits per heavy atom. The van der Waals surface area contributed by atoms with E-state index in [0.717, 1.165) is 13.1 Å². The first-order valence-electron chi connectivity index (χ1n) is 6.33. The predicted molar refractivity (Wildman–Crippen MR) is 67.3 cm³/mol. The SMILES string of the molecule is CC(C)N1CCC(CNC(=O)C(C)(C)C)C1. The molecule has 1 heterocycles. The maximum absolute atomic E-state index is 11.7. The summed E-state index contributed by atoms with van der Waals surface area (Å²) in [7, 11) is 0. The quantitative estimate of drug-likeness (QED) is 0.797. The summed E-state index contributed by atoms with van der Waals surface area (Å²) < 4.78 is 0. The van der Waals surface area contributed by atoms with Crippen molar-refractivity contribution in [2.24, 2.45) is 11.3 Å². The van der Waals surface area contributed by atoms with Crippen LogP contribution in [0.4, 0.5) is 0 Å². The normalized spacial score (nSPS) is 22.8. The summed E-state index contributed by atoms with van der Waals surface area (Å²) in [4.78, 5) is 14.2. The molecule has 1 amide bonds. The zero-order chi connectivity index (χ0) is 12.3. The number of amides is 1. The average Bonchev–Trinajstić information content (AvgIpc) is 2.60. The van der Waals surface area contributed by atoms with Crippen LogP contribution in [0.1, 0.15) is 41.0 Å². The highest BCUT2D eigenvalue weighted by atomic mass is 16.2. The third kappa shape index (κ3) is 3.78. The summed E-state index contributed by atoms with van der Waals surface area (Å²) in [6.45, 7) is 13.5. The Labute approximate surface area is 99.6 Å². The average molecular weight is 226 g/mol. The van der Waals surface area contributed by atoms with Crippen molar-refractivity contribution in [2.45, 2.75) is 47.1 Å². The highest BCUT2D eigenvalue weighted by Crippen LogP contribution is 2.18. The fourth-order valence-electron chi connectivity index (χ4n) is 2.00. The second-order valence-electron chi connectivity index (χ2n) is 6.20. The minimum atomic E-state index is -0.268. The van der Waals surface area contributed by atoms with Crippen molar-refractivity contribution >= 4 is 5.91 Å². The van der Waals surface area contributed by atoms with Gasteiger partial charge in [0.25, 0.3) is 0 Å². The molecule has 1 saturated heterocycles. The van der Waals surface area contributed by atoms with Gasteiger partial charge in [-0.05, 0) is 32.7 Å². The van der Waals surface area contributed by atoms with Gasteiger partial charge < -0.3 is 10.2 Å². The lowest BCUT2D eigenvalue weighted by atomic mass is 9.95. The first kappa shape index (κ1) is 13.5. The molecule has 0 saturated carbocycles. The molecule has 1 atom stereocenters. The zero-order valence-electron chi connectivity index (χ0n) is 11.3. The lowest BCUT2D eigenvalue weighted by Crippen LogP contribution is -2.38. The summed E-state index contributed by atoms with van der Waals surface area (Å²) in [5, 5.41) is 3.06. The van der Waals surface area contributed by atoms with E-state index in [4.69, 9.17) is 0 Å². The van der Waals surface area contributed by atoms with Crippen molar-refractivity contribution in [2.75, 3.05) is 19.6 Å². The number of carbonyl (C=O) groups is 1. The van der Waals surface area contributed by atoms with Gasteiger partial charge in [-0.3, -0.25) is 4.79 Å². The minimum Gasteiger partial charge on any atom is -0.355 e. The van der Waals surface area contributed by atoms with Crippen LogP contribution in [0.25, 0.3) is 0 Å². The van der Waals surface area contributed by atoms with Gasteiger partial charge in [0.05, 0.1) is 0 Å². The van der Waals surface area contributed by atoms with E-state index in [9.17, 15) is 4.79 Å². The Kier molecular flexibility index (Phi) is 4.36. The number of nitrogens with one attached hydrogen (secondary N) is 1. The largest absolute Gasteiger partial charge is 0.355 e. The maximum Gasteiger partial charge on any atom is 0.225 e. The van der Waals surface area contributed by atoms with Gasteiger partial charge >= 0.3 is 0 Å². The van der Waals surface area contributed by atoms with E-state index in [0.29, 0.717) is 12.0 Å². The van der Waals surface area contributed by atoms with Crippen molar-refractivity contribution in [3.8, 4) is 0 Å². The molecule has 3 nitrogen and oxygen atoms in total. The maximum atomic E-state index is 11.7. The fourth-order valence-corrected chi connectivity index (χ4v) is 2.00. The van der Waals surface area contributed by atoms with E-state index < -0.39 is 0 Å². The molecule has 0 bridgehead atoms. The summed E-state index contributed by atoms with van der Waals surface area (Å²) in [6, 6.07) is 0.628. The fraction of sp³-hybridized carbons (Fsp3) is 0.923. The number of nitrogens with zero attached hydrogens (tertiary/aromatic N) is 1. The molecule has 1 unspecified atom stereocenters. The van der Waals surface area contributed by atoms with Crippen LogP contribution in [0.2, 0.25) is 0 Å².